The number of anilines is 3. The highest BCUT2D eigenvalue weighted by molar-refractivity contribution is 6.02. The minimum Gasteiger partial charge on any atom is -0.497 e. The molecule has 0 saturated heterocycles. The third-order valence-corrected chi connectivity index (χ3v) is 4.71. The fourth-order valence-electron chi connectivity index (χ4n) is 3.05. The minimum atomic E-state index is -0.635. The molecule has 3 rings (SSSR count). The number of fused-ring (bicyclic) bond motifs is 1. The van der Waals surface area contributed by atoms with Crippen molar-refractivity contribution in [1.29, 1.82) is 0 Å². The molecule has 29 heavy (non-hydrogen) atoms. The Balaban J connectivity index is 1.76. The van der Waals surface area contributed by atoms with Crippen LogP contribution in [0.15, 0.2) is 36.4 Å². The first-order valence-corrected chi connectivity index (χ1v) is 9.10. The topological polar surface area (TPSA) is 89.1 Å². The summed E-state index contributed by atoms with van der Waals surface area (Å²) in [7, 11) is 4.79. The summed E-state index contributed by atoms with van der Waals surface area (Å²) in [5.41, 5.74) is 1.06. The van der Waals surface area contributed by atoms with Gasteiger partial charge in [-0.25, -0.2) is 4.79 Å². The summed E-state index contributed by atoms with van der Waals surface area (Å²) in [5, 5.41) is 5.51. The van der Waals surface area contributed by atoms with Crippen molar-refractivity contribution >= 4 is 29.0 Å². The average Bonchev–Trinajstić information content (AvgIpc) is 2.78. The summed E-state index contributed by atoms with van der Waals surface area (Å²) >= 11 is 0. The average molecular weight is 399 g/mol. The van der Waals surface area contributed by atoms with E-state index in [9.17, 15) is 9.59 Å². The van der Waals surface area contributed by atoms with E-state index in [1.54, 1.807) is 55.5 Å². The molecule has 8 nitrogen and oxygen atoms in total. The highest BCUT2D eigenvalue weighted by Gasteiger charge is 2.36. The Bertz CT molecular complexity index is 942. The quantitative estimate of drug-likeness (QED) is 0.818. The predicted molar refractivity (Wildman–Crippen MR) is 111 cm³/mol. The van der Waals surface area contributed by atoms with Crippen LogP contribution in [-0.4, -0.2) is 39.8 Å². The van der Waals surface area contributed by atoms with Crippen LogP contribution < -0.4 is 29.7 Å². The van der Waals surface area contributed by atoms with Gasteiger partial charge in [-0.3, -0.25) is 4.79 Å². The first-order valence-electron chi connectivity index (χ1n) is 9.10. The van der Waals surface area contributed by atoms with Crippen molar-refractivity contribution in [2.75, 3.05) is 43.4 Å². The summed E-state index contributed by atoms with van der Waals surface area (Å²) < 4.78 is 16.3. The Morgan fingerprint density at radius 2 is 1.86 bits per heavy atom. The fourth-order valence-corrected chi connectivity index (χ4v) is 3.05. The fraction of sp³-hybridized carbons (Fsp3) is 0.333. The van der Waals surface area contributed by atoms with Gasteiger partial charge in [0.25, 0.3) is 0 Å². The monoisotopic (exact) mass is 399 g/mol. The van der Waals surface area contributed by atoms with Crippen LogP contribution in [0.4, 0.5) is 21.9 Å². The lowest BCUT2D eigenvalue weighted by Gasteiger charge is -2.24. The molecule has 0 fully saturated rings. The van der Waals surface area contributed by atoms with Gasteiger partial charge < -0.3 is 29.7 Å². The molecule has 2 aromatic carbocycles. The molecule has 0 saturated carbocycles. The normalized spacial score (nSPS) is 14.9. The zero-order chi connectivity index (χ0) is 21.2. The van der Waals surface area contributed by atoms with E-state index in [0.717, 1.165) is 0 Å². The SMILES string of the molecule is COc1ccc(NC(=O)Nc2ccc3c(c2)OCC(C)(C)C(=O)N3C)c(OC)c1. The number of urea groups is 1. The molecule has 0 unspecified atom stereocenters. The third-order valence-electron chi connectivity index (χ3n) is 4.71. The molecule has 0 bridgehead atoms. The zero-order valence-electron chi connectivity index (χ0n) is 17.2. The van der Waals surface area contributed by atoms with E-state index in [-0.39, 0.29) is 12.5 Å². The van der Waals surface area contributed by atoms with E-state index in [1.165, 1.54) is 7.11 Å². The molecule has 0 atom stereocenters. The minimum absolute atomic E-state index is 0.0266. The molecule has 1 heterocycles. The van der Waals surface area contributed by atoms with Crippen LogP contribution in [0.2, 0.25) is 0 Å². The van der Waals surface area contributed by atoms with Gasteiger partial charge in [-0.1, -0.05) is 0 Å². The van der Waals surface area contributed by atoms with Crippen LogP contribution in [0.25, 0.3) is 0 Å². The Labute approximate surface area is 169 Å². The van der Waals surface area contributed by atoms with Gasteiger partial charge in [0.15, 0.2) is 0 Å². The van der Waals surface area contributed by atoms with Crippen molar-refractivity contribution in [3.8, 4) is 17.2 Å². The number of nitrogens with one attached hydrogen (secondary N) is 2. The van der Waals surface area contributed by atoms with Crippen LogP contribution in [0, 0.1) is 5.41 Å². The number of carbonyl (C=O) groups excluding carboxylic acids is 2. The number of rotatable bonds is 4. The van der Waals surface area contributed by atoms with E-state index >= 15 is 0 Å². The van der Waals surface area contributed by atoms with Crippen molar-refractivity contribution in [2.24, 2.45) is 5.41 Å². The number of hydrogen-bond donors (Lipinski definition) is 2. The number of carbonyl (C=O) groups is 2. The van der Waals surface area contributed by atoms with Gasteiger partial charge in [0, 0.05) is 24.9 Å². The van der Waals surface area contributed by atoms with Crippen molar-refractivity contribution in [1.82, 2.24) is 0 Å². The van der Waals surface area contributed by atoms with Crippen molar-refractivity contribution in [2.45, 2.75) is 13.8 Å². The number of nitrogens with zero attached hydrogens (tertiary/aromatic N) is 1. The van der Waals surface area contributed by atoms with Crippen molar-refractivity contribution < 1.29 is 23.8 Å². The molecule has 154 valence electrons. The molecule has 0 radical (unpaired) electrons. The van der Waals surface area contributed by atoms with E-state index in [4.69, 9.17) is 14.2 Å². The van der Waals surface area contributed by atoms with Crippen LogP contribution in [-0.2, 0) is 4.79 Å². The Hall–Kier alpha value is -3.42. The summed E-state index contributed by atoms with van der Waals surface area (Å²) in [6.07, 6.45) is 0. The maximum atomic E-state index is 12.5. The number of ether oxygens (including phenoxy) is 3. The summed E-state index contributed by atoms with van der Waals surface area (Å²) in [6.45, 7) is 3.93. The summed E-state index contributed by atoms with van der Waals surface area (Å²) in [4.78, 5) is 26.6. The van der Waals surface area contributed by atoms with Gasteiger partial charge in [-0.15, -0.1) is 0 Å². The Morgan fingerprint density at radius 1 is 1.10 bits per heavy atom. The highest BCUT2D eigenvalue weighted by Crippen LogP contribution is 2.37. The molecule has 0 spiro atoms. The van der Waals surface area contributed by atoms with Gasteiger partial charge in [0.2, 0.25) is 5.91 Å². The van der Waals surface area contributed by atoms with Gasteiger partial charge >= 0.3 is 6.03 Å². The van der Waals surface area contributed by atoms with E-state index in [0.29, 0.717) is 34.3 Å². The van der Waals surface area contributed by atoms with Crippen molar-refractivity contribution in [3.05, 3.63) is 36.4 Å². The second-order valence-corrected chi connectivity index (χ2v) is 7.36. The Kier molecular flexibility index (Phi) is 5.54. The first kappa shape index (κ1) is 20.3. The Morgan fingerprint density at radius 3 is 2.55 bits per heavy atom. The maximum Gasteiger partial charge on any atom is 0.323 e. The number of amides is 3. The summed E-state index contributed by atoms with van der Waals surface area (Å²) in [5.74, 6) is 1.61. The first-order chi connectivity index (χ1) is 13.7. The maximum absolute atomic E-state index is 12.5. The third kappa shape index (κ3) is 4.21. The van der Waals surface area contributed by atoms with Crippen LogP contribution in [0.5, 0.6) is 17.2 Å². The zero-order valence-corrected chi connectivity index (χ0v) is 17.2. The molecule has 2 N–H and O–H groups in total. The highest BCUT2D eigenvalue weighted by atomic mass is 16.5. The van der Waals surface area contributed by atoms with Crippen LogP contribution >= 0.6 is 0 Å². The lowest BCUT2D eigenvalue weighted by Crippen LogP contribution is -2.39. The second kappa shape index (κ2) is 7.90. The lowest BCUT2D eigenvalue weighted by molar-refractivity contribution is -0.127. The predicted octanol–water partition coefficient (Wildman–Crippen LogP) is 3.73. The van der Waals surface area contributed by atoms with Crippen LogP contribution in [0.3, 0.4) is 0 Å². The van der Waals surface area contributed by atoms with Gasteiger partial charge in [-0.2, -0.15) is 0 Å². The van der Waals surface area contributed by atoms with Crippen LogP contribution in [0.1, 0.15) is 13.8 Å². The molecule has 8 heteroatoms. The van der Waals surface area contributed by atoms with E-state index in [2.05, 4.69) is 10.6 Å². The van der Waals surface area contributed by atoms with E-state index in [1.807, 2.05) is 13.8 Å². The lowest BCUT2D eigenvalue weighted by atomic mass is 9.93. The number of benzene rings is 2. The number of hydrogen-bond acceptors (Lipinski definition) is 5. The number of methoxy groups -OCH3 is 2. The smallest absolute Gasteiger partial charge is 0.323 e. The molecule has 1 aliphatic rings. The molecule has 0 aliphatic carbocycles. The second-order valence-electron chi connectivity index (χ2n) is 7.36. The summed E-state index contributed by atoms with van der Waals surface area (Å²) in [6, 6.07) is 9.83. The van der Waals surface area contributed by atoms with E-state index < -0.39 is 11.4 Å². The molecular weight excluding hydrogens is 374 g/mol. The largest absolute Gasteiger partial charge is 0.497 e. The molecule has 0 aromatic heterocycles. The van der Waals surface area contributed by atoms with Crippen molar-refractivity contribution in [3.63, 3.8) is 0 Å². The molecule has 1 aliphatic heterocycles. The van der Waals surface area contributed by atoms with Gasteiger partial charge in [-0.05, 0) is 38.1 Å². The standard InChI is InChI=1S/C21H25N3O5/c1-21(2)12-29-18-10-13(6-9-16(18)24(3)19(21)25)22-20(26)23-15-8-7-14(27-4)11-17(15)28-5/h6-11H,12H2,1-5H3,(H2,22,23,26). The van der Waals surface area contributed by atoms with Gasteiger partial charge in [0.1, 0.15) is 23.9 Å². The molecule has 2 aromatic rings. The van der Waals surface area contributed by atoms with Gasteiger partial charge in [0.05, 0.1) is 31.0 Å². The molecular formula is C21H25N3O5. The molecule has 3 amide bonds.